The molecule has 3 rings (SSSR count). The average Bonchev–Trinajstić information content (AvgIpc) is 3.15. The fourth-order valence-corrected chi connectivity index (χ4v) is 3.26. The summed E-state index contributed by atoms with van der Waals surface area (Å²) in [5.41, 5.74) is 0.900. The molecule has 0 aliphatic carbocycles. The van der Waals surface area contributed by atoms with Crippen LogP contribution in [0.5, 0.6) is 0 Å². The number of hydrogen-bond donors (Lipinski definition) is 0. The predicted molar refractivity (Wildman–Crippen MR) is 96.0 cm³/mol. The molecule has 6 heteroatoms. The third-order valence-electron chi connectivity index (χ3n) is 4.68. The second-order valence-electron chi connectivity index (χ2n) is 6.36. The topological polar surface area (TPSA) is 58.4 Å². The maximum Gasteiger partial charge on any atom is 0.249 e. The van der Waals surface area contributed by atoms with Crippen LogP contribution in [0.1, 0.15) is 25.7 Å². The quantitative estimate of drug-likeness (QED) is 0.811. The van der Waals surface area contributed by atoms with Gasteiger partial charge in [-0.2, -0.15) is 5.10 Å². The number of carbonyl (C=O) groups is 2. The van der Waals surface area contributed by atoms with Crippen LogP contribution in [-0.2, 0) is 16.1 Å². The largest absolute Gasteiger partial charge is 0.334 e. The molecular formula is C19H24N4O2. The summed E-state index contributed by atoms with van der Waals surface area (Å²) in [6.45, 7) is 1.42. The number of rotatable bonds is 6. The second kappa shape index (κ2) is 7.96. The van der Waals surface area contributed by atoms with Crippen molar-refractivity contribution in [1.29, 1.82) is 0 Å². The minimum atomic E-state index is -0.369. The Morgan fingerprint density at radius 1 is 1.28 bits per heavy atom. The van der Waals surface area contributed by atoms with Gasteiger partial charge in [-0.05, 0) is 37.5 Å². The lowest BCUT2D eigenvalue weighted by Gasteiger charge is -2.37. The van der Waals surface area contributed by atoms with Gasteiger partial charge in [-0.1, -0.05) is 18.2 Å². The molecule has 0 spiro atoms. The van der Waals surface area contributed by atoms with Gasteiger partial charge >= 0.3 is 0 Å². The number of aromatic nitrogens is 2. The van der Waals surface area contributed by atoms with Crippen molar-refractivity contribution in [3.05, 3.63) is 48.8 Å². The first-order valence-corrected chi connectivity index (χ1v) is 8.76. The number of hydrogen-bond acceptors (Lipinski definition) is 3. The second-order valence-corrected chi connectivity index (χ2v) is 6.36. The van der Waals surface area contributed by atoms with Crippen LogP contribution in [0.3, 0.4) is 0 Å². The number of amides is 2. The highest BCUT2D eigenvalue weighted by atomic mass is 16.2. The van der Waals surface area contributed by atoms with Crippen LogP contribution < -0.4 is 4.90 Å². The lowest BCUT2D eigenvalue weighted by atomic mass is 10.0. The molecule has 2 aromatic rings. The maximum atomic E-state index is 12.9. The van der Waals surface area contributed by atoms with Gasteiger partial charge in [0.2, 0.25) is 11.8 Å². The van der Waals surface area contributed by atoms with Crippen molar-refractivity contribution >= 4 is 17.5 Å². The Bertz CT molecular complexity index is 699. The van der Waals surface area contributed by atoms with E-state index in [9.17, 15) is 9.59 Å². The molecule has 2 heterocycles. The molecule has 2 amide bonds. The highest BCUT2D eigenvalue weighted by molar-refractivity contribution is 5.99. The normalized spacial score (nSPS) is 17.6. The van der Waals surface area contributed by atoms with E-state index in [1.54, 1.807) is 23.0 Å². The lowest BCUT2D eigenvalue weighted by Crippen LogP contribution is -2.53. The van der Waals surface area contributed by atoms with Crippen LogP contribution in [0, 0.1) is 0 Å². The third kappa shape index (κ3) is 4.07. The summed E-state index contributed by atoms with van der Waals surface area (Å²) in [5.74, 6) is 0.0285. The highest BCUT2D eigenvalue weighted by Crippen LogP contribution is 2.23. The molecule has 1 aromatic heterocycles. The molecule has 0 N–H and O–H groups in total. The molecule has 1 atom stereocenters. The number of nitrogens with zero attached hydrogens (tertiary/aromatic N) is 4. The summed E-state index contributed by atoms with van der Waals surface area (Å²) in [4.78, 5) is 28.8. The van der Waals surface area contributed by atoms with Crippen LogP contribution in [-0.4, -0.2) is 46.1 Å². The summed E-state index contributed by atoms with van der Waals surface area (Å²) < 4.78 is 1.82. The van der Waals surface area contributed by atoms with Gasteiger partial charge < -0.3 is 9.80 Å². The number of para-hydroxylation sites is 1. The van der Waals surface area contributed by atoms with Gasteiger partial charge in [0.25, 0.3) is 0 Å². The summed E-state index contributed by atoms with van der Waals surface area (Å²) in [6.07, 6.45) is 6.38. The van der Waals surface area contributed by atoms with Crippen molar-refractivity contribution < 1.29 is 9.59 Å². The van der Waals surface area contributed by atoms with Crippen molar-refractivity contribution in [2.24, 2.45) is 0 Å². The molecule has 1 aliphatic heterocycles. The molecule has 1 aromatic carbocycles. The average molecular weight is 340 g/mol. The number of piperidine rings is 1. The number of benzene rings is 1. The maximum absolute atomic E-state index is 12.9. The Labute approximate surface area is 148 Å². The summed E-state index contributed by atoms with van der Waals surface area (Å²) in [7, 11) is 1.74. The van der Waals surface area contributed by atoms with Crippen molar-refractivity contribution in [2.45, 2.75) is 38.3 Å². The molecule has 1 unspecified atom stereocenters. The molecule has 0 bridgehead atoms. The van der Waals surface area contributed by atoms with E-state index < -0.39 is 0 Å². The fraction of sp³-hybridized carbons (Fsp3) is 0.421. The van der Waals surface area contributed by atoms with Crippen LogP contribution in [0.2, 0.25) is 0 Å². The molecule has 1 saturated heterocycles. The van der Waals surface area contributed by atoms with Gasteiger partial charge in [0, 0.05) is 44.6 Å². The highest BCUT2D eigenvalue weighted by Gasteiger charge is 2.34. The smallest absolute Gasteiger partial charge is 0.249 e. The first-order valence-electron chi connectivity index (χ1n) is 8.76. The monoisotopic (exact) mass is 340 g/mol. The fourth-order valence-electron chi connectivity index (χ4n) is 3.26. The molecular weight excluding hydrogens is 316 g/mol. The SMILES string of the molecule is CN(C(=O)CCCn1cccn1)C1CCCN(c2ccccc2)C1=O. The number of aryl methyl sites for hydroxylation is 1. The van der Waals surface area contributed by atoms with Gasteiger partial charge in [-0.25, -0.2) is 0 Å². The Hall–Kier alpha value is -2.63. The minimum Gasteiger partial charge on any atom is -0.334 e. The molecule has 25 heavy (non-hydrogen) atoms. The van der Waals surface area contributed by atoms with Crippen LogP contribution in [0.15, 0.2) is 48.8 Å². The van der Waals surface area contributed by atoms with Crippen LogP contribution in [0.4, 0.5) is 5.69 Å². The van der Waals surface area contributed by atoms with Crippen LogP contribution in [0.25, 0.3) is 0 Å². The number of anilines is 1. The molecule has 132 valence electrons. The zero-order valence-electron chi connectivity index (χ0n) is 14.5. The van der Waals surface area contributed by atoms with Crippen LogP contribution >= 0.6 is 0 Å². The standard InChI is InChI=1S/C19H24N4O2/c1-21(18(24)11-6-13-22-14-7-12-20-22)17-10-5-15-23(19(17)25)16-8-3-2-4-9-16/h2-4,7-9,12,14,17H,5-6,10-11,13,15H2,1H3. The van der Waals surface area contributed by atoms with Crippen molar-refractivity contribution in [1.82, 2.24) is 14.7 Å². The van der Waals surface area contributed by atoms with E-state index in [1.807, 2.05) is 47.3 Å². The summed E-state index contributed by atoms with van der Waals surface area (Å²) >= 11 is 0. The Kier molecular flexibility index (Phi) is 5.48. The van der Waals surface area contributed by atoms with Crippen molar-refractivity contribution in [2.75, 3.05) is 18.5 Å². The van der Waals surface area contributed by atoms with Crippen molar-refractivity contribution in [3.8, 4) is 0 Å². The summed E-state index contributed by atoms with van der Waals surface area (Å²) in [6, 6.07) is 11.2. The van der Waals surface area contributed by atoms with E-state index in [2.05, 4.69) is 5.10 Å². The lowest BCUT2D eigenvalue weighted by molar-refractivity contribution is -0.139. The number of likely N-dealkylation sites (N-methyl/N-ethyl adjacent to an activating group) is 1. The molecule has 0 saturated carbocycles. The summed E-state index contributed by atoms with van der Waals surface area (Å²) in [5, 5.41) is 4.13. The molecule has 1 aliphatic rings. The first kappa shape index (κ1) is 17.2. The van der Waals surface area contributed by atoms with Gasteiger partial charge in [-0.3, -0.25) is 14.3 Å². The minimum absolute atomic E-state index is 0.0142. The van der Waals surface area contributed by atoms with E-state index in [4.69, 9.17) is 0 Å². The van der Waals surface area contributed by atoms with Crippen molar-refractivity contribution in [3.63, 3.8) is 0 Å². The Morgan fingerprint density at radius 3 is 2.80 bits per heavy atom. The zero-order valence-corrected chi connectivity index (χ0v) is 14.5. The first-order chi connectivity index (χ1) is 12.2. The molecule has 6 nitrogen and oxygen atoms in total. The van der Waals surface area contributed by atoms with E-state index in [0.717, 1.165) is 18.5 Å². The van der Waals surface area contributed by atoms with Gasteiger partial charge in [0.1, 0.15) is 6.04 Å². The van der Waals surface area contributed by atoms with E-state index in [1.165, 1.54) is 0 Å². The Balaban J connectivity index is 1.57. The van der Waals surface area contributed by atoms with E-state index >= 15 is 0 Å². The van der Waals surface area contributed by atoms with Gasteiger partial charge in [-0.15, -0.1) is 0 Å². The van der Waals surface area contributed by atoms with E-state index in [-0.39, 0.29) is 17.9 Å². The predicted octanol–water partition coefficient (Wildman–Crippen LogP) is 2.32. The number of carbonyl (C=O) groups excluding carboxylic acids is 2. The van der Waals surface area contributed by atoms with Gasteiger partial charge in [0.15, 0.2) is 0 Å². The van der Waals surface area contributed by atoms with Gasteiger partial charge in [0.05, 0.1) is 0 Å². The zero-order chi connectivity index (χ0) is 17.6. The molecule has 1 fully saturated rings. The molecule has 0 radical (unpaired) electrons. The third-order valence-corrected chi connectivity index (χ3v) is 4.68. The van der Waals surface area contributed by atoms with E-state index in [0.29, 0.717) is 25.9 Å². The Morgan fingerprint density at radius 2 is 2.08 bits per heavy atom.